The number of pyridine rings is 1. The minimum Gasteiger partial charge on any atom is -0.326 e. The third-order valence-corrected chi connectivity index (χ3v) is 3.38. The van der Waals surface area contributed by atoms with Crippen molar-refractivity contribution in [1.29, 1.82) is 0 Å². The van der Waals surface area contributed by atoms with Crippen LogP contribution in [0.1, 0.15) is 41.6 Å². The highest BCUT2D eigenvalue weighted by molar-refractivity contribution is 5.39. The Balaban J connectivity index is 2.71. The number of nitrogens with two attached hydrogens (primary N) is 1. The van der Waals surface area contributed by atoms with Crippen LogP contribution in [-0.2, 0) is 25.6 Å². The highest BCUT2D eigenvalue weighted by Crippen LogP contribution is 2.34. The summed E-state index contributed by atoms with van der Waals surface area (Å²) in [5.74, 6) is 0. The largest absolute Gasteiger partial charge is 0.431 e. The quantitative estimate of drug-likeness (QED) is 0.760. The van der Waals surface area contributed by atoms with Gasteiger partial charge in [0.1, 0.15) is 5.69 Å². The smallest absolute Gasteiger partial charge is 0.326 e. The van der Waals surface area contributed by atoms with Crippen LogP contribution in [0.5, 0.6) is 0 Å². The van der Waals surface area contributed by atoms with E-state index in [4.69, 9.17) is 5.73 Å². The van der Waals surface area contributed by atoms with E-state index in [1.54, 1.807) is 0 Å². The zero-order valence-corrected chi connectivity index (χ0v) is 9.86. The summed E-state index contributed by atoms with van der Waals surface area (Å²) in [6, 6.07) is 0. The molecule has 0 aromatic carbocycles. The predicted molar refractivity (Wildman–Crippen MR) is 61.2 cm³/mol. The molecule has 0 amide bonds. The van der Waals surface area contributed by atoms with Gasteiger partial charge in [0.25, 0.3) is 5.56 Å². The SMILES string of the molecule is NCc1c2c(c(C(F)(F)F)[nH]c1=O)CCCCC2. The average Bonchev–Trinajstić information content (AvgIpc) is 2.52. The second kappa shape index (κ2) is 4.76. The first-order valence-corrected chi connectivity index (χ1v) is 5.99. The van der Waals surface area contributed by atoms with E-state index in [1.807, 2.05) is 4.98 Å². The number of nitrogens with one attached hydrogen (secondary N) is 1. The monoisotopic (exact) mass is 260 g/mol. The van der Waals surface area contributed by atoms with Gasteiger partial charge in [0, 0.05) is 12.1 Å². The van der Waals surface area contributed by atoms with Gasteiger partial charge in [-0.1, -0.05) is 6.42 Å². The Morgan fingerprint density at radius 2 is 1.72 bits per heavy atom. The van der Waals surface area contributed by atoms with Gasteiger partial charge < -0.3 is 10.7 Å². The molecule has 0 radical (unpaired) electrons. The zero-order chi connectivity index (χ0) is 13.3. The van der Waals surface area contributed by atoms with E-state index in [0.29, 0.717) is 30.4 Å². The molecule has 1 aliphatic rings. The lowest BCUT2D eigenvalue weighted by molar-refractivity contribution is -0.142. The molecule has 0 saturated heterocycles. The van der Waals surface area contributed by atoms with Crippen LogP contribution in [0, 0.1) is 0 Å². The number of H-pyrrole nitrogens is 1. The Morgan fingerprint density at radius 3 is 2.28 bits per heavy atom. The molecule has 0 bridgehead atoms. The van der Waals surface area contributed by atoms with E-state index in [9.17, 15) is 18.0 Å². The number of fused-ring (bicyclic) bond motifs is 1. The van der Waals surface area contributed by atoms with Gasteiger partial charge in [0.2, 0.25) is 0 Å². The molecular formula is C12H15F3N2O. The molecule has 0 spiro atoms. The Morgan fingerprint density at radius 1 is 1.11 bits per heavy atom. The summed E-state index contributed by atoms with van der Waals surface area (Å²) in [4.78, 5) is 13.6. The van der Waals surface area contributed by atoms with Crippen LogP contribution in [0.15, 0.2) is 4.79 Å². The van der Waals surface area contributed by atoms with Gasteiger partial charge >= 0.3 is 6.18 Å². The van der Waals surface area contributed by atoms with Crippen molar-refractivity contribution in [3.63, 3.8) is 0 Å². The molecule has 1 aromatic heterocycles. The molecule has 1 heterocycles. The highest BCUT2D eigenvalue weighted by atomic mass is 19.4. The summed E-state index contributed by atoms with van der Waals surface area (Å²) in [5.41, 5.74) is 4.95. The number of hydrogen-bond acceptors (Lipinski definition) is 2. The Hall–Kier alpha value is -1.30. The average molecular weight is 260 g/mol. The van der Waals surface area contributed by atoms with E-state index >= 15 is 0 Å². The molecule has 6 heteroatoms. The van der Waals surface area contributed by atoms with E-state index in [2.05, 4.69) is 0 Å². The van der Waals surface area contributed by atoms with E-state index in [-0.39, 0.29) is 12.1 Å². The van der Waals surface area contributed by atoms with Crippen LogP contribution in [0.3, 0.4) is 0 Å². The van der Waals surface area contributed by atoms with E-state index in [1.165, 1.54) is 0 Å². The van der Waals surface area contributed by atoms with Crippen molar-refractivity contribution >= 4 is 0 Å². The molecule has 0 fully saturated rings. The molecule has 3 nitrogen and oxygen atoms in total. The number of hydrogen-bond donors (Lipinski definition) is 2. The number of aromatic amines is 1. The second-order valence-corrected chi connectivity index (χ2v) is 4.53. The predicted octanol–water partition coefficient (Wildman–Crippen LogP) is 2.12. The first-order valence-electron chi connectivity index (χ1n) is 5.99. The maximum absolute atomic E-state index is 12.9. The van der Waals surface area contributed by atoms with Crippen molar-refractivity contribution in [3.8, 4) is 0 Å². The molecule has 1 aromatic rings. The molecule has 1 aliphatic carbocycles. The first-order chi connectivity index (χ1) is 8.45. The van der Waals surface area contributed by atoms with Gasteiger partial charge in [-0.05, 0) is 36.8 Å². The first kappa shape index (κ1) is 13.1. The fraction of sp³-hybridized carbons (Fsp3) is 0.583. The third-order valence-electron chi connectivity index (χ3n) is 3.38. The lowest BCUT2D eigenvalue weighted by atomic mass is 9.96. The van der Waals surface area contributed by atoms with Crippen molar-refractivity contribution < 1.29 is 13.2 Å². The molecule has 3 N–H and O–H groups in total. The van der Waals surface area contributed by atoms with Crippen molar-refractivity contribution in [2.75, 3.05) is 0 Å². The number of rotatable bonds is 1. The third kappa shape index (κ3) is 2.29. The van der Waals surface area contributed by atoms with E-state index in [0.717, 1.165) is 12.8 Å². The van der Waals surface area contributed by atoms with Gasteiger partial charge in [-0.15, -0.1) is 0 Å². The molecule has 18 heavy (non-hydrogen) atoms. The molecule has 0 atom stereocenters. The van der Waals surface area contributed by atoms with Crippen molar-refractivity contribution in [2.24, 2.45) is 5.73 Å². The van der Waals surface area contributed by atoms with Crippen molar-refractivity contribution in [3.05, 3.63) is 32.7 Å². The van der Waals surface area contributed by atoms with Crippen LogP contribution in [0.25, 0.3) is 0 Å². The minimum atomic E-state index is -4.51. The van der Waals surface area contributed by atoms with Gasteiger partial charge in [-0.2, -0.15) is 13.2 Å². The van der Waals surface area contributed by atoms with Crippen molar-refractivity contribution in [1.82, 2.24) is 4.98 Å². The number of aromatic nitrogens is 1. The van der Waals surface area contributed by atoms with Crippen molar-refractivity contribution in [2.45, 2.75) is 44.8 Å². The molecule has 100 valence electrons. The normalized spacial score (nSPS) is 16.2. The summed E-state index contributed by atoms with van der Waals surface area (Å²) in [6.07, 6.45) is -1.25. The van der Waals surface area contributed by atoms with E-state index < -0.39 is 17.4 Å². The Kier molecular flexibility index (Phi) is 3.47. The van der Waals surface area contributed by atoms with Gasteiger partial charge in [0.05, 0.1) is 0 Å². The van der Waals surface area contributed by atoms with Gasteiger partial charge in [-0.25, -0.2) is 0 Å². The fourth-order valence-electron chi connectivity index (χ4n) is 2.55. The summed E-state index contributed by atoms with van der Waals surface area (Å²) in [5, 5.41) is 0. The zero-order valence-electron chi connectivity index (χ0n) is 9.86. The number of halogens is 3. The standard InChI is InChI=1S/C12H15F3N2O/c13-12(14,15)10-8-5-3-1-2-4-7(8)9(6-16)11(18)17-10/h1-6,16H2,(H,17,18). The van der Waals surface area contributed by atoms with Gasteiger partial charge in [0.15, 0.2) is 0 Å². The molecule has 0 aliphatic heterocycles. The Labute approximate surface area is 102 Å². The minimum absolute atomic E-state index is 0.0181. The van der Waals surface area contributed by atoms with Crippen LogP contribution in [0.2, 0.25) is 0 Å². The fourth-order valence-corrected chi connectivity index (χ4v) is 2.55. The van der Waals surface area contributed by atoms with Crippen LogP contribution < -0.4 is 11.3 Å². The summed E-state index contributed by atoms with van der Waals surface area (Å²) in [6.45, 7) is -0.0181. The van der Waals surface area contributed by atoms with Gasteiger partial charge in [-0.3, -0.25) is 4.79 Å². The molecular weight excluding hydrogens is 245 g/mol. The Bertz CT molecular complexity index is 505. The molecule has 0 unspecified atom stereocenters. The van der Waals surface area contributed by atoms with Crippen LogP contribution in [0.4, 0.5) is 13.2 Å². The maximum Gasteiger partial charge on any atom is 0.431 e. The number of alkyl halides is 3. The molecule has 0 saturated carbocycles. The summed E-state index contributed by atoms with van der Waals surface area (Å²) >= 11 is 0. The molecule has 2 rings (SSSR count). The topological polar surface area (TPSA) is 58.9 Å². The highest BCUT2D eigenvalue weighted by Gasteiger charge is 2.36. The lowest BCUT2D eigenvalue weighted by Crippen LogP contribution is -2.26. The lowest BCUT2D eigenvalue weighted by Gasteiger charge is -2.17. The van der Waals surface area contributed by atoms with Crippen LogP contribution in [-0.4, -0.2) is 4.98 Å². The second-order valence-electron chi connectivity index (χ2n) is 4.53. The summed E-state index contributed by atoms with van der Waals surface area (Å²) < 4.78 is 38.8. The summed E-state index contributed by atoms with van der Waals surface area (Å²) in [7, 11) is 0. The van der Waals surface area contributed by atoms with Crippen LogP contribution >= 0.6 is 0 Å². The maximum atomic E-state index is 12.9.